The van der Waals surface area contributed by atoms with Gasteiger partial charge in [0.1, 0.15) is 5.82 Å². The minimum atomic E-state index is -0.725. The van der Waals surface area contributed by atoms with E-state index >= 15 is 0 Å². The summed E-state index contributed by atoms with van der Waals surface area (Å²) in [7, 11) is 0. The maximum absolute atomic E-state index is 13.0. The third-order valence-electron chi connectivity index (χ3n) is 4.26. The molecule has 7 heteroatoms. The molecular weight excluding hydrogens is 315 g/mol. The van der Waals surface area contributed by atoms with Gasteiger partial charge in [0.15, 0.2) is 0 Å². The number of benzene rings is 2. The highest BCUT2D eigenvalue weighted by Crippen LogP contribution is 2.33. The van der Waals surface area contributed by atoms with Gasteiger partial charge in [-0.05, 0) is 30.2 Å². The van der Waals surface area contributed by atoms with Crippen LogP contribution >= 0.6 is 0 Å². The fraction of sp³-hybridized carbons (Fsp3) is 0.235. The van der Waals surface area contributed by atoms with Crippen LogP contribution in [0, 0.1) is 15.9 Å². The van der Waals surface area contributed by atoms with E-state index in [9.17, 15) is 24.4 Å². The summed E-state index contributed by atoms with van der Waals surface area (Å²) >= 11 is 0. The maximum Gasteiger partial charge on any atom is 0.311 e. The highest BCUT2D eigenvalue weighted by molar-refractivity contribution is 5.98. The first kappa shape index (κ1) is 15.9. The van der Waals surface area contributed by atoms with Crippen LogP contribution in [0.1, 0.15) is 28.3 Å². The Morgan fingerprint density at radius 3 is 2.62 bits per heavy atom. The quantitative estimate of drug-likeness (QED) is 0.692. The van der Waals surface area contributed by atoms with Crippen molar-refractivity contribution in [1.29, 1.82) is 0 Å². The number of nitrogens with zero attached hydrogens (tertiary/aromatic N) is 2. The summed E-state index contributed by atoms with van der Waals surface area (Å²) < 4.78 is 13.0. The first-order valence-corrected chi connectivity index (χ1v) is 7.48. The Morgan fingerprint density at radius 2 is 1.96 bits per heavy atom. The molecule has 0 aliphatic carbocycles. The number of likely N-dealkylation sites (tertiary alicyclic amines) is 1. The van der Waals surface area contributed by atoms with Gasteiger partial charge in [0.2, 0.25) is 5.75 Å². The summed E-state index contributed by atoms with van der Waals surface area (Å²) in [6.45, 7) is 0.898. The van der Waals surface area contributed by atoms with E-state index in [-0.39, 0.29) is 17.3 Å². The molecule has 124 valence electrons. The lowest BCUT2D eigenvalue weighted by molar-refractivity contribution is -0.385. The van der Waals surface area contributed by atoms with Gasteiger partial charge < -0.3 is 10.0 Å². The summed E-state index contributed by atoms with van der Waals surface area (Å²) in [5.41, 5.74) is 0.369. The second-order valence-electron chi connectivity index (χ2n) is 5.72. The number of para-hydroxylation sites is 1. The van der Waals surface area contributed by atoms with Crippen LogP contribution in [0.3, 0.4) is 0 Å². The third kappa shape index (κ3) is 2.92. The fourth-order valence-electron chi connectivity index (χ4n) is 2.97. The predicted molar refractivity (Wildman–Crippen MR) is 84.4 cm³/mol. The Kier molecular flexibility index (Phi) is 4.16. The number of hydrogen-bond donors (Lipinski definition) is 1. The molecule has 1 N–H and O–H groups in total. The second-order valence-corrected chi connectivity index (χ2v) is 5.72. The first-order chi connectivity index (χ1) is 11.5. The molecule has 1 aliphatic rings. The van der Waals surface area contributed by atoms with Crippen molar-refractivity contribution >= 4 is 11.6 Å². The molecule has 1 amide bonds. The Bertz CT molecular complexity index is 792. The molecule has 24 heavy (non-hydrogen) atoms. The summed E-state index contributed by atoms with van der Waals surface area (Å²) in [5.74, 6) is -1.29. The molecule has 0 radical (unpaired) electrons. The van der Waals surface area contributed by atoms with Crippen molar-refractivity contribution in [3.05, 3.63) is 69.5 Å². The van der Waals surface area contributed by atoms with Gasteiger partial charge >= 0.3 is 5.69 Å². The van der Waals surface area contributed by atoms with Gasteiger partial charge in [-0.25, -0.2) is 4.39 Å². The van der Waals surface area contributed by atoms with E-state index in [4.69, 9.17) is 0 Å². The number of halogens is 1. The van der Waals surface area contributed by atoms with Crippen LogP contribution in [0.25, 0.3) is 0 Å². The van der Waals surface area contributed by atoms with Gasteiger partial charge in [-0.1, -0.05) is 18.2 Å². The highest BCUT2D eigenvalue weighted by Gasteiger charge is 2.31. The molecule has 0 bridgehead atoms. The Balaban J connectivity index is 1.79. The molecule has 1 aliphatic heterocycles. The molecule has 0 spiro atoms. The minimum Gasteiger partial charge on any atom is -0.502 e. The lowest BCUT2D eigenvalue weighted by Crippen LogP contribution is -2.28. The highest BCUT2D eigenvalue weighted by atomic mass is 19.1. The normalized spacial score (nSPS) is 17.0. The van der Waals surface area contributed by atoms with Gasteiger partial charge in [0.25, 0.3) is 5.91 Å². The van der Waals surface area contributed by atoms with Gasteiger partial charge in [-0.15, -0.1) is 0 Å². The predicted octanol–water partition coefficient (Wildman–Crippen LogP) is 3.07. The zero-order chi connectivity index (χ0) is 17.3. The summed E-state index contributed by atoms with van der Waals surface area (Å²) in [6, 6.07) is 10.0. The molecule has 2 aromatic rings. The number of carbonyl (C=O) groups is 1. The van der Waals surface area contributed by atoms with E-state index in [2.05, 4.69) is 0 Å². The van der Waals surface area contributed by atoms with Gasteiger partial charge in [-0.2, -0.15) is 0 Å². The Hall–Kier alpha value is -2.96. The van der Waals surface area contributed by atoms with E-state index in [0.29, 0.717) is 19.5 Å². The van der Waals surface area contributed by atoms with Crippen molar-refractivity contribution in [3.63, 3.8) is 0 Å². The van der Waals surface area contributed by atoms with Crippen LogP contribution in [0.4, 0.5) is 10.1 Å². The Morgan fingerprint density at radius 1 is 1.25 bits per heavy atom. The number of carbonyl (C=O) groups excluding carboxylic acids is 1. The van der Waals surface area contributed by atoms with Crippen molar-refractivity contribution in [3.8, 4) is 5.75 Å². The number of rotatable bonds is 3. The summed E-state index contributed by atoms with van der Waals surface area (Å²) in [6.07, 6.45) is 0.715. The number of nitro benzene ring substituents is 1. The second kappa shape index (κ2) is 6.27. The van der Waals surface area contributed by atoms with E-state index in [1.807, 2.05) is 0 Å². The van der Waals surface area contributed by atoms with Crippen LogP contribution in [0.5, 0.6) is 5.75 Å². The van der Waals surface area contributed by atoms with Crippen LogP contribution in [0.2, 0.25) is 0 Å². The summed E-state index contributed by atoms with van der Waals surface area (Å²) in [4.78, 5) is 24.3. The van der Waals surface area contributed by atoms with E-state index in [1.165, 1.54) is 24.3 Å². The van der Waals surface area contributed by atoms with Crippen LogP contribution in [-0.2, 0) is 0 Å². The van der Waals surface area contributed by atoms with Gasteiger partial charge in [0, 0.05) is 25.1 Å². The molecule has 1 saturated heterocycles. The summed E-state index contributed by atoms with van der Waals surface area (Å²) in [5, 5.41) is 20.8. The zero-order valence-corrected chi connectivity index (χ0v) is 12.7. The third-order valence-corrected chi connectivity index (χ3v) is 4.26. The first-order valence-electron chi connectivity index (χ1n) is 7.48. The number of hydrogen-bond acceptors (Lipinski definition) is 4. The largest absolute Gasteiger partial charge is 0.502 e. The average molecular weight is 330 g/mol. The zero-order valence-electron chi connectivity index (χ0n) is 12.7. The van der Waals surface area contributed by atoms with E-state index in [1.54, 1.807) is 17.0 Å². The topological polar surface area (TPSA) is 83.7 Å². The maximum atomic E-state index is 13.0. The molecular formula is C17H15FN2O4. The molecule has 2 aromatic carbocycles. The molecule has 1 atom stereocenters. The molecule has 6 nitrogen and oxygen atoms in total. The lowest BCUT2D eigenvalue weighted by atomic mass is 9.98. The smallest absolute Gasteiger partial charge is 0.311 e. The number of phenolic OH excluding ortho intramolecular Hbond substituents is 1. The van der Waals surface area contributed by atoms with Gasteiger partial charge in [-0.3, -0.25) is 14.9 Å². The fourth-order valence-corrected chi connectivity index (χ4v) is 2.97. The van der Waals surface area contributed by atoms with Crippen molar-refractivity contribution in [2.45, 2.75) is 12.3 Å². The van der Waals surface area contributed by atoms with Crippen molar-refractivity contribution in [2.75, 3.05) is 13.1 Å². The van der Waals surface area contributed by atoms with E-state index < -0.39 is 22.3 Å². The molecule has 0 aromatic heterocycles. The van der Waals surface area contributed by atoms with Gasteiger partial charge in [0.05, 0.1) is 10.5 Å². The Labute approximate surface area is 137 Å². The standard InChI is InChI=1S/C17H15FN2O4/c18-13-6-4-11(5-7-13)12-8-9-19(10-12)17(22)14-2-1-3-15(16(14)21)20(23)24/h1-7,12,21H,8-10H2/t12-/m0/s1. The van der Waals surface area contributed by atoms with Crippen LogP contribution in [-0.4, -0.2) is 33.9 Å². The molecule has 3 rings (SSSR count). The number of nitro groups is 1. The monoisotopic (exact) mass is 330 g/mol. The van der Waals surface area contributed by atoms with Crippen molar-refractivity contribution in [1.82, 2.24) is 4.90 Å². The lowest BCUT2D eigenvalue weighted by Gasteiger charge is -2.17. The molecule has 1 heterocycles. The molecule has 1 fully saturated rings. The average Bonchev–Trinajstić information content (AvgIpc) is 3.05. The van der Waals surface area contributed by atoms with Crippen molar-refractivity contribution in [2.24, 2.45) is 0 Å². The number of phenols is 1. The number of aromatic hydroxyl groups is 1. The number of amides is 1. The SMILES string of the molecule is O=C(c1cccc([N+](=O)[O-])c1O)N1CC[C@H](c2ccc(F)cc2)C1. The van der Waals surface area contributed by atoms with Crippen LogP contribution in [0.15, 0.2) is 42.5 Å². The molecule has 0 unspecified atom stereocenters. The van der Waals surface area contributed by atoms with E-state index in [0.717, 1.165) is 11.6 Å². The van der Waals surface area contributed by atoms with Crippen LogP contribution < -0.4 is 0 Å². The minimum absolute atomic E-state index is 0.0791. The molecule has 0 saturated carbocycles. The van der Waals surface area contributed by atoms with Crippen molar-refractivity contribution < 1.29 is 19.2 Å².